The summed E-state index contributed by atoms with van der Waals surface area (Å²) in [7, 11) is 0. The SMILES string of the molecule is Cc1cnc2n(c1=O)CC(C(=O)NCCc1ccccc1)CS2. The summed E-state index contributed by atoms with van der Waals surface area (Å²) in [4.78, 5) is 28.8. The number of thioether (sulfide) groups is 1. The van der Waals surface area contributed by atoms with Crippen molar-refractivity contribution in [1.29, 1.82) is 0 Å². The first-order chi connectivity index (χ1) is 11.1. The first kappa shape index (κ1) is 15.8. The Hall–Kier alpha value is -2.08. The standard InChI is InChI=1S/C17H19N3O2S/c1-12-9-19-17-20(16(12)22)10-14(11-23-17)15(21)18-8-7-13-5-3-2-4-6-13/h2-6,9,14H,7-8,10-11H2,1H3,(H,18,21). The highest BCUT2D eigenvalue weighted by Crippen LogP contribution is 2.24. The quantitative estimate of drug-likeness (QED) is 0.866. The van der Waals surface area contributed by atoms with Gasteiger partial charge in [-0.1, -0.05) is 42.1 Å². The Balaban J connectivity index is 1.59. The molecule has 0 saturated heterocycles. The van der Waals surface area contributed by atoms with Crippen LogP contribution in [-0.4, -0.2) is 27.8 Å². The van der Waals surface area contributed by atoms with Gasteiger partial charge in [0.15, 0.2) is 5.16 Å². The molecule has 6 heteroatoms. The van der Waals surface area contributed by atoms with E-state index in [0.717, 1.165) is 6.42 Å². The minimum atomic E-state index is -0.190. The maximum absolute atomic E-state index is 12.3. The van der Waals surface area contributed by atoms with E-state index in [1.54, 1.807) is 17.7 Å². The number of benzene rings is 1. The highest BCUT2D eigenvalue weighted by atomic mass is 32.2. The van der Waals surface area contributed by atoms with E-state index >= 15 is 0 Å². The lowest BCUT2D eigenvalue weighted by molar-refractivity contribution is -0.124. The van der Waals surface area contributed by atoms with Gasteiger partial charge in [-0.05, 0) is 18.9 Å². The normalized spacial score (nSPS) is 16.7. The maximum atomic E-state index is 12.3. The van der Waals surface area contributed by atoms with Crippen LogP contribution in [0.3, 0.4) is 0 Å². The molecule has 120 valence electrons. The van der Waals surface area contributed by atoms with Crippen LogP contribution in [-0.2, 0) is 17.8 Å². The van der Waals surface area contributed by atoms with Crippen molar-refractivity contribution in [3.05, 3.63) is 58.0 Å². The molecule has 0 spiro atoms. The van der Waals surface area contributed by atoms with Crippen LogP contribution in [0.25, 0.3) is 0 Å². The second-order valence-corrected chi connectivity index (χ2v) is 6.66. The fraction of sp³-hybridized carbons (Fsp3) is 0.353. The number of carbonyl (C=O) groups excluding carboxylic acids is 1. The van der Waals surface area contributed by atoms with Crippen molar-refractivity contribution < 1.29 is 4.79 Å². The maximum Gasteiger partial charge on any atom is 0.257 e. The average Bonchev–Trinajstić information content (AvgIpc) is 2.59. The number of aryl methyl sites for hydroxylation is 1. The minimum Gasteiger partial charge on any atom is -0.355 e. The molecule has 0 fully saturated rings. The molecule has 0 saturated carbocycles. The van der Waals surface area contributed by atoms with Gasteiger partial charge in [0.25, 0.3) is 5.56 Å². The van der Waals surface area contributed by atoms with E-state index in [-0.39, 0.29) is 17.4 Å². The van der Waals surface area contributed by atoms with Crippen LogP contribution >= 0.6 is 11.8 Å². The van der Waals surface area contributed by atoms with Gasteiger partial charge >= 0.3 is 0 Å². The van der Waals surface area contributed by atoms with Gasteiger partial charge in [-0.2, -0.15) is 0 Å². The summed E-state index contributed by atoms with van der Waals surface area (Å²) in [6.07, 6.45) is 2.41. The lowest BCUT2D eigenvalue weighted by Gasteiger charge is -2.24. The summed E-state index contributed by atoms with van der Waals surface area (Å²) >= 11 is 1.47. The number of hydrogen-bond donors (Lipinski definition) is 1. The van der Waals surface area contributed by atoms with Crippen molar-refractivity contribution in [3.8, 4) is 0 Å². The Morgan fingerprint density at radius 1 is 1.39 bits per heavy atom. The van der Waals surface area contributed by atoms with Crippen molar-refractivity contribution in [1.82, 2.24) is 14.9 Å². The Morgan fingerprint density at radius 3 is 2.96 bits per heavy atom. The topological polar surface area (TPSA) is 64.0 Å². The van der Waals surface area contributed by atoms with E-state index < -0.39 is 0 Å². The van der Waals surface area contributed by atoms with Crippen LogP contribution in [0.2, 0.25) is 0 Å². The second kappa shape index (κ2) is 7.00. The first-order valence-electron chi connectivity index (χ1n) is 7.66. The predicted molar refractivity (Wildman–Crippen MR) is 90.6 cm³/mol. The van der Waals surface area contributed by atoms with Crippen molar-refractivity contribution in [2.75, 3.05) is 12.3 Å². The Kier molecular flexibility index (Phi) is 4.81. The molecule has 2 heterocycles. The van der Waals surface area contributed by atoms with E-state index in [1.165, 1.54) is 17.3 Å². The monoisotopic (exact) mass is 329 g/mol. The lowest BCUT2D eigenvalue weighted by atomic mass is 10.1. The Bertz CT molecular complexity index is 758. The molecule has 0 radical (unpaired) electrons. The first-order valence-corrected chi connectivity index (χ1v) is 8.64. The minimum absolute atomic E-state index is 0.00693. The summed E-state index contributed by atoms with van der Waals surface area (Å²) in [5, 5.41) is 3.68. The molecule has 0 aliphatic carbocycles. The number of rotatable bonds is 4. The molecule has 1 N–H and O–H groups in total. The third kappa shape index (κ3) is 3.64. The number of aromatic nitrogens is 2. The lowest BCUT2D eigenvalue weighted by Crippen LogP contribution is -2.40. The Labute approximate surface area is 139 Å². The van der Waals surface area contributed by atoms with Gasteiger partial charge in [-0.15, -0.1) is 0 Å². The molecular weight excluding hydrogens is 310 g/mol. The van der Waals surface area contributed by atoms with Crippen molar-refractivity contribution in [2.45, 2.75) is 25.0 Å². The zero-order chi connectivity index (χ0) is 16.2. The summed E-state index contributed by atoms with van der Waals surface area (Å²) in [5.41, 5.74) is 1.76. The van der Waals surface area contributed by atoms with Crippen molar-refractivity contribution in [3.63, 3.8) is 0 Å². The number of nitrogens with zero attached hydrogens (tertiary/aromatic N) is 2. The molecule has 1 unspecified atom stereocenters. The van der Waals surface area contributed by atoms with Crippen LogP contribution in [0.5, 0.6) is 0 Å². The van der Waals surface area contributed by atoms with Crippen LogP contribution in [0.15, 0.2) is 46.5 Å². The molecule has 0 bridgehead atoms. The smallest absolute Gasteiger partial charge is 0.257 e. The van der Waals surface area contributed by atoms with E-state index in [2.05, 4.69) is 10.3 Å². The van der Waals surface area contributed by atoms with E-state index in [4.69, 9.17) is 0 Å². The number of amides is 1. The molecule has 1 aliphatic heterocycles. The second-order valence-electron chi connectivity index (χ2n) is 5.67. The summed E-state index contributed by atoms with van der Waals surface area (Å²) in [6, 6.07) is 10.1. The van der Waals surface area contributed by atoms with Gasteiger partial charge in [-0.3, -0.25) is 14.2 Å². The predicted octanol–water partition coefficient (Wildman–Crippen LogP) is 1.63. The molecule has 1 amide bonds. The van der Waals surface area contributed by atoms with Gasteiger partial charge in [0.1, 0.15) is 0 Å². The highest BCUT2D eigenvalue weighted by Gasteiger charge is 2.26. The molecule has 5 nitrogen and oxygen atoms in total. The molecule has 1 atom stereocenters. The van der Waals surface area contributed by atoms with E-state index in [9.17, 15) is 9.59 Å². The molecular formula is C17H19N3O2S. The third-order valence-electron chi connectivity index (χ3n) is 3.93. The number of nitrogens with one attached hydrogen (secondary N) is 1. The fourth-order valence-electron chi connectivity index (χ4n) is 2.58. The molecule has 1 aromatic carbocycles. The average molecular weight is 329 g/mol. The Morgan fingerprint density at radius 2 is 2.17 bits per heavy atom. The number of hydrogen-bond acceptors (Lipinski definition) is 4. The zero-order valence-electron chi connectivity index (χ0n) is 13.0. The van der Waals surface area contributed by atoms with Crippen molar-refractivity contribution >= 4 is 17.7 Å². The van der Waals surface area contributed by atoms with Gasteiger partial charge in [0.2, 0.25) is 5.91 Å². The zero-order valence-corrected chi connectivity index (χ0v) is 13.8. The van der Waals surface area contributed by atoms with Crippen molar-refractivity contribution in [2.24, 2.45) is 5.92 Å². The molecule has 1 aromatic heterocycles. The van der Waals surface area contributed by atoms with Gasteiger partial charge < -0.3 is 5.32 Å². The number of carbonyl (C=O) groups is 1. The summed E-state index contributed by atoms with van der Waals surface area (Å²) < 4.78 is 1.62. The molecule has 3 rings (SSSR count). The van der Waals surface area contributed by atoms with Crippen LogP contribution in [0.1, 0.15) is 11.1 Å². The largest absolute Gasteiger partial charge is 0.355 e. The fourth-order valence-corrected chi connectivity index (χ4v) is 3.63. The van der Waals surface area contributed by atoms with E-state index in [0.29, 0.717) is 29.6 Å². The van der Waals surface area contributed by atoms with Crippen LogP contribution < -0.4 is 10.9 Å². The molecule has 2 aromatic rings. The summed E-state index contributed by atoms with van der Waals surface area (Å²) in [5.74, 6) is 0.476. The van der Waals surface area contributed by atoms with Gasteiger partial charge in [-0.25, -0.2) is 4.98 Å². The number of fused-ring (bicyclic) bond motifs is 1. The van der Waals surface area contributed by atoms with E-state index in [1.807, 2.05) is 30.3 Å². The third-order valence-corrected chi connectivity index (χ3v) is 5.08. The highest BCUT2D eigenvalue weighted by molar-refractivity contribution is 7.99. The van der Waals surface area contributed by atoms with Gasteiger partial charge in [0.05, 0.1) is 5.92 Å². The van der Waals surface area contributed by atoms with Crippen LogP contribution in [0.4, 0.5) is 0 Å². The molecule has 23 heavy (non-hydrogen) atoms. The summed E-state index contributed by atoms with van der Waals surface area (Å²) in [6.45, 7) is 2.77. The molecule has 1 aliphatic rings. The van der Waals surface area contributed by atoms with Crippen LogP contribution in [0, 0.1) is 12.8 Å². The van der Waals surface area contributed by atoms with Gasteiger partial charge in [0, 0.05) is 30.6 Å².